The quantitative estimate of drug-likeness (QED) is 0.534. The molecule has 1 saturated heterocycles. The Morgan fingerprint density at radius 3 is 2.65 bits per heavy atom. The summed E-state index contributed by atoms with van der Waals surface area (Å²) >= 11 is 0. The molecule has 0 aromatic rings. The Morgan fingerprint density at radius 2 is 2.20 bits per heavy atom. The first-order valence-electron chi connectivity index (χ1n) is 7.23. The molecule has 0 bridgehead atoms. The van der Waals surface area contributed by atoms with Crippen molar-refractivity contribution in [2.75, 3.05) is 26.5 Å². The first-order chi connectivity index (χ1) is 9.26. The molecular weight excluding hydrogens is 278 g/mol. The number of methoxy groups -OCH3 is 1. The fourth-order valence-electron chi connectivity index (χ4n) is 2.88. The SMILES string of the molecule is CCC(C)(OC)C(CC1CCCN(S(C)(=O)=O)C1)NN. The second-order valence-corrected chi connectivity index (χ2v) is 7.94. The van der Waals surface area contributed by atoms with Gasteiger partial charge in [-0.25, -0.2) is 12.7 Å². The Bertz CT molecular complexity index is 396. The van der Waals surface area contributed by atoms with Crippen LogP contribution in [0.1, 0.15) is 39.5 Å². The number of nitrogens with two attached hydrogens (primary N) is 1. The minimum Gasteiger partial charge on any atom is -0.377 e. The van der Waals surface area contributed by atoms with Gasteiger partial charge in [-0.2, -0.15) is 0 Å². The number of hydrogen-bond acceptors (Lipinski definition) is 5. The van der Waals surface area contributed by atoms with Gasteiger partial charge in [-0.3, -0.25) is 11.3 Å². The number of sulfonamides is 1. The van der Waals surface area contributed by atoms with Gasteiger partial charge >= 0.3 is 0 Å². The first kappa shape index (κ1) is 17.8. The molecule has 1 aliphatic heterocycles. The molecule has 120 valence electrons. The average Bonchev–Trinajstić information content (AvgIpc) is 2.43. The number of ether oxygens (including phenoxy) is 1. The van der Waals surface area contributed by atoms with Crippen molar-refractivity contribution in [3.63, 3.8) is 0 Å². The molecule has 0 aromatic heterocycles. The van der Waals surface area contributed by atoms with Crippen LogP contribution in [0, 0.1) is 5.92 Å². The lowest BCUT2D eigenvalue weighted by atomic mass is 9.84. The molecule has 0 amide bonds. The standard InChI is InChI=1S/C13H29N3O3S/c1-5-13(2,19-3)12(15-14)9-11-7-6-8-16(10-11)20(4,17)18/h11-12,15H,5-10,14H2,1-4H3. The molecule has 0 spiro atoms. The zero-order valence-corrected chi connectivity index (χ0v) is 13.9. The molecule has 20 heavy (non-hydrogen) atoms. The second-order valence-electron chi connectivity index (χ2n) is 5.95. The largest absolute Gasteiger partial charge is 0.377 e. The summed E-state index contributed by atoms with van der Waals surface area (Å²) in [5, 5.41) is 0. The Kier molecular flexibility index (Phi) is 6.40. The van der Waals surface area contributed by atoms with Crippen molar-refractivity contribution in [1.29, 1.82) is 0 Å². The van der Waals surface area contributed by atoms with Gasteiger partial charge in [-0.05, 0) is 38.5 Å². The van der Waals surface area contributed by atoms with Crippen LogP contribution in [0.15, 0.2) is 0 Å². The highest BCUT2D eigenvalue weighted by Crippen LogP contribution is 2.28. The highest BCUT2D eigenvalue weighted by atomic mass is 32.2. The van der Waals surface area contributed by atoms with Crippen LogP contribution in [0.25, 0.3) is 0 Å². The van der Waals surface area contributed by atoms with Crippen LogP contribution in [0.2, 0.25) is 0 Å². The van der Waals surface area contributed by atoms with Crippen LogP contribution in [-0.4, -0.2) is 50.8 Å². The molecule has 0 saturated carbocycles. The number of nitrogens with one attached hydrogen (secondary N) is 1. The van der Waals surface area contributed by atoms with Crippen molar-refractivity contribution in [3.8, 4) is 0 Å². The summed E-state index contributed by atoms with van der Waals surface area (Å²) in [4.78, 5) is 0. The van der Waals surface area contributed by atoms with E-state index in [1.54, 1.807) is 11.4 Å². The minimum atomic E-state index is -3.10. The predicted octanol–water partition coefficient (Wildman–Crippen LogP) is 0.695. The van der Waals surface area contributed by atoms with Crippen LogP contribution in [0.3, 0.4) is 0 Å². The van der Waals surface area contributed by atoms with E-state index < -0.39 is 10.0 Å². The van der Waals surface area contributed by atoms with E-state index in [2.05, 4.69) is 12.3 Å². The third-order valence-corrected chi connectivity index (χ3v) is 5.90. The summed E-state index contributed by atoms with van der Waals surface area (Å²) in [6.45, 7) is 5.32. The molecule has 1 heterocycles. The Balaban J connectivity index is 2.71. The van der Waals surface area contributed by atoms with Gasteiger partial charge in [-0.15, -0.1) is 0 Å². The summed E-state index contributed by atoms with van der Waals surface area (Å²) < 4.78 is 30.5. The van der Waals surface area contributed by atoms with E-state index in [4.69, 9.17) is 10.6 Å². The van der Waals surface area contributed by atoms with Crippen LogP contribution >= 0.6 is 0 Å². The molecule has 3 N–H and O–H groups in total. The molecule has 1 aliphatic rings. The van der Waals surface area contributed by atoms with Crippen LogP contribution in [0.4, 0.5) is 0 Å². The molecule has 7 heteroatoms. The highest BCUT2D eigenvalue weighted by Gasteiger charge is 2.35. The van der Waals surface area contributed by atoms with Gasteiger partial charge in [0.05, 0.1) is 17.9 Å². The second kappa shape index (κ2) is 7.17. The molecule has 1 rings (SSSR count). The maximum atomic E-state index is 11.7. The summed E-state index contributed by atoms with van der Waals surface area (Å²) in [5.41, 5.74) is 2.52. The van der Waals surface area contributed by atoms with E-state index in [1.807, 2.05) is 6.92 Å². The van der Waals surface area contributed by atoms with E-state index >= 15 is 0 Å². The third-order valence-electron chi connectivity index (χ3n) is 4.63. The van der Waals surface area contributed by atoms with Crippen molar-refractivity contribution < 1.29 is 13.2 Å². The lowest BCUT2D eigenvalue weighted by molar-refractivity contribution is -0.0367. The number of hydrazine groups is 1. The van der Waals surface area contributed by atoms with E-state index in [9.17, 15) is 8.42 Å². The maximum Gasteiger partial charge on any atom is 0.211 e. The molecule has 6 nitrogen and oxygen atoms in total. The number of piperidine rings is 1. The lowest BCUT2D eigenvalue weighted by Gasteiger charge is -2.39. The molecule has 0 aliphatic carbocycles. The summed E-state index contributed by atoms with van der Waals surface area (Å²) in [6, 6.07) is 0.0158. The van der Waals surface area contributed by atoms with Crippen molar-refractivity contribution in [2.24, 2.45) is 11.8 Å². The topological polar surface area (TPSA) is 84.7 Å². The van der Waals surface area contributed by atoms with Crippen LogP contribution in [-0.2, 0) is 14.8 Å². The minimum absolute atomic E-state index is 0.0158. The molecular formula is C13H29N3O3S. The van der Waals surface area contributed by atoms with Gasteiger partial charge < -0.3 is 4.74 Å². The monoisotopic (exact) mass is 307 g/mol. The molecule has 3 atom stereocenters. The number of nitrogens with zero attached hydrogens (tertiary/aromatic N) is 1. The molecule has 1 fully saturated rings. The van der Waals surface area contributed by atoms with Gasteiger partial charge in [0.15, 0.2) is 0 Å². The van der Waals surface area contributed by atoms with Gasteiger partial charge in [0, 0.05) is 20.2 Å². The van der Waals surface area contributed by atoms with E-state index in [0.29, 0.717) is 19.0 Å². The first-order valence-corrected chi connectivity index (χ1v) is 9.08. The van der Waals surface area contributed by atoms with E-state index in [0.717, 1.165) is 25.7 Å². The average molecular weight is 307 g/mol. The Morgan fingerprint density at radius 1 is 1.55 bits per heavy atom. The van der Waals surface area contributed by atoms with Crippen molar-refractivity contribution in [3.05, 3.63) is 0 Å². The van der Waals surface area contributed by atoms with Gasteiger partial charge in [0.25, 0.3) is 0 Å². The molecule has 0 radical (unpaired) electrons. The summed E-state index contributed by atoms with van der Waals surface area (Å²) in [5.74, 6) is 6.01. The van der Waals surface area contributed by atoms with Crippen LogP contribution in [0.5, 0.6) is 0 Å². The molecule has 0 aromatic carbocycles. The predicted molar refractivity (Wildman–Crippen MR) is 80.6 cm³/mol. The Labute approximate surface area is 123 Å². The number of rotatable bonds is 7. The third kappa shape index (κ3) is 4.39. The summed E-state index contributed by atoms with van der Waals surface area (Å²) in [7, 11) is -1.41. The smallest absolute Gasteiger partial charge is 0.211 e. The fraction of sp³-hybridized carbons (Fsp3) is 1.00. The van der Waals surface area contributed by atoms with E-state index in [1.165, 1.54) is 6.26 Å². The zero-order valence-electron chi connectivity index (χ0n) is 13.1. The number of hydrogen-bond donors (Lipinski definition) is 2. The van der Waals surface area contributed by atoms with Gasteiger partial charge in [0.1, 0.15) is 0 Å². The van der Waals surface area contributed by atoms with Crippen molar-refractivity contribution in [2.45, 2.75) is 51.2 Å². The normalized spacial score (nSPS) is 26.1. The van der Waals surface area contributed by atoms with Gasteiger partial charge in [-0.1, -0.05) is 6.92 Å². The van der Waals surface area contributed by atoms with Crippen LogP contribution < -0.4 is 11.3 Å². The summed E-state index contributed by atoms with van der Waals surface area (Å²) in [6.07, 6.45) is 4.89. The van der Waals surface area contributed by atoms with Gasteiger partial charge in [0.2, 0.25) is 10.0 Å². The lowest BCUT2D eigenvalue weighted by Crippen LogP contribution is -2.54. The zero-order chi connectivity index (χ0) is 15.4. The van der Waals surface area contributed by atoms with Crippen molar-refractivity contribution >= 4 is 10.0 Å². The van der Waals surface area contributed by atoms with E-state index in [-0.39, 0.29) is 11.6 Å². The van der Waals surface area contributed by atoms with Crippen molar-refractivity contribution in [1.82, 2.24) is 9.73 Å². The highest BCUT2D eigenvalue weighted by molar-refractivity contribution is 7.88. The Hall–Kier alpha value is -0.210. The fourth-order valence-corrected chi connectivity index (χ4v) is 3.82. The maximum absolute atomic E-state index is 11.7. The molecule has 3 unspecified atom stereocenters.